The first-order chi connectivity index (χ1) is 18.5. The highest BCUT2D eigenvalue weighted by atomic mass is 35.5. The molecule has 1 aromatic heterocycles. The molecule has 7 nitrogen and oxygen atoms in total. The Labute approximate surface area is 230 Å². The number of nitrogens with zero attached hydrogens (tertiary/aromatic N) is 4. The molecule has 206 valence electrons. The van der Waals surface area contributed by atoms with Gasteiger partial charge in [-0.1, -0.05) is 23.7 Å². The number of aliphatic hydroxyl groups excluding tert-OH is 1. The zero-order valence-corrected chi connectivity index (χ0v) is 21.9. The number of β-amino-alcohol motifs (C(OH)–C–C–N with tert-alkyl or cyclic N) is 1. The molecule has 2 aromatic carbocycles. The number of hydrogen-bond donors (Lipinski definition) is 1. The number of thioether (sulfide) groups is 1. The molecule has 2 fully saturated rings. The maximum atomic E-state index is 14.8. The minimum absolute atomic E-state index is 0.0142. The van der Waals surface area contributed by atoms with Crippen LogP contribution in [0.3, 0.4) is 0 Å². The van der Waals surface area contributed by atoms with Crippen molar-refractivity contribution < 1.29 is 32.3 Å². The molecule has 39 heavy (non-hydrogen) atoms. The molecule has 2 amide bonds. The third kappa shape index (κ3) is 5.69. The largest absolute Gasteiger partial charge is 0.416 e. The van der Waals surface area contributed by atoms with Crippen molar-refractivity contribution in [3.63, 3.8) is 0 Å². The van der Waals surface area contributed by atoms with Gasteiger partial charge in [-0.25, -0.2) is 4.39 Å². The van der Waals surface area contributed by atoms with Crippen molar-refractivity contribution in [3.05, 3.63) is 69.2 Å². The van der Waals surface area contributed by atoms with Crippen molar-refractivity contribution in [3.8, 4) is 0 Å². The van der Waals surface area contributed by atoms with E-state index in [0.29, 0.717) is 29.6 Å². The first-order valence-electron chi connectivity index (χ1n) is 12.1. The van der Waals surface area contributed by atoms with Gasteiger partial charge in [-0.2, -0.15) is 18.3 Å². The van der Waals surface area contributed by atoms with E-state index in [1.807, 2.05) is 0 Å². The van der Waals surface area contributed by atoms with E-state index in [9.17, 15) is 27.2 Å². The van der Waals surface area contributed by atoms with Crippen LogP contribution < -0.4 is 0 Å². The van der Waals surface area contributed by atoms with E-state index < -0.39 is 35.1 Å². The van der Waals surface area contributed by atoms with Gasteiger partial charge < -0.3 is 5.11 Å². The molecule has 3 aromatic rings. The highest BCUT2D eigenvalue weighted by Crippen LogP contribution is 2.37. The quantitative estimate of drug-likeness (QED) is 0.318. The molecule has 13 heteroatoms. The van der Waals surface area contributed by atoms with Crippen LogP contribution >= 0.6 is 23.4 Å². The number of aromatic nitrogens is 2. The molecular weight excluding hydrogens is 560 g/mol. The van der Waals surface area contributed by atoms with E-state index in [0.717, 1.165) is 22.7 Å². The van der Waals surface area contributed by atoms with Crippen molar-refractivity contribution >= 4 is 51.5 Å². The highest BCUT2D eigenvalue weighted by molar-refractivity contribution is 8.18. The number of carbonyl (C=O) groups excluding carboxylic acids is 2. The standard InChI is InChI=1S/C26H23ClF4N4O3S/c27-18-3-2-16(19(11-18)26(29,30)31)13-34-21-4-1-15(9-17(21)12-32-34)10-23-24(37)35(25(38)39-23)22-5-6-33(7-8-36)14-20(22)28/h1-4,9-12,20,22,36H,5-8,13-14H2/t20-,22-/m1/s1. The van der Waals surface area contributed by atoms with Crippen molar-refractivity contribution in [1.29, 1.82) is 0 Å². The molecular formula is C26H23ClF4N4O3S. The van der Waals surface area contributed by atoms with Crippen LogP contribution in [0.5, 0.6) is 0 Å². The first kappa shape index (κ1) is 27.6. The van der Waals surface area contributed by atoms with Crippen molar-refractivity contribution in [2.45, 2.75) is 31.4 Å². The zero-order valence-electron chi connectivity index (χ0n) is 20.4. The number of fused-ring (bicyclic) bond motifs is 1. The Morgan fingerprint density at radius 3 is 2.69 bits per heavy atom. The maximum absolute atomic E-state index is 14.8. The van der Waals surface area contributed by atoms with Crippen LogP contribution in [0.2, 0.25) is 5.02 Å². The Morgan fingerprint density at radius 2 is 1.97 bits per heavy atom. The molecule has 3 heterocycles. The minimum atomic E-state index is -4.57. The van der Waals surface area contributed by atoms with Crippen LogP contribution in [0.1, 0.15) is 23.1 Å². The number of carbonyl (C=O) groups is 2. The number of alkyl halides is 4. The van der Waals surface area contributed by atoms with Gasteiger partial charge in [0.05, 0.1) is 41.4 Å². The molecule has 5 rings (SSSR count). The second kappa shape index (κ2) is 10.9. The fourth-order valence-corrected chi connectivity index (χ4v) is 6.00. The molecule has 0 aliphatic carbocycles. The molecule has 2 aliphatic rings. The molecule has 2 atom stereocenters. The topological polar surface area (TPSA) is 78.7 Å². The third-order valence-electron chi connectivity index (χ3n) is 6.82. The number of halogens is 5. The van der Waals surface area contributed by atoms with Gasteiger partial charge in [0.2, 0.25) is 0 Å². The number of rotatable bonds is 6. The van der Waals surface area contributed by atoms with E-state index in [1.165, 1.54) is 29.1 Å². The Bertz CT molecular complexity index is 1460. The molecule has 2 saturated heterocycles. The zero-order chi connectivity index (χ0) is 27.9. The summed E-state index contributed by atoms with van der Waals surface area (Å²) in [6.07, 6.45) is -2.66. The minimum Gasteiger partial charge on any atom is -0.395 e. The fraction of sp³-hybridized carbons (Fsp3) is 0.346. The molecule has 0 bridgehead atoms. The smallest absolute Gasteiger partial charge is 0.395 e. The summed E-state index contributed by atoms with van der Waals surface area (Å²) in [4.78, 5) is 28.6. The van der Waals surface area contributed by atoms with Crippen LogP contribution in [-0.2, 0) is 17.5 Å². The summed E-state index contributed by atoms with van der Waals surface area (Å²) < 4.78 is 56.8. The summed E-state index contributed by atoms with van der Waals surface area (Å²) in [5, 5.41) is 13.4. The molecule has 0 saturated carbocycles. The number of amides is 2. The van der Waals surface area contributed by atoms with Crippen LogP contribution in [0.4, 0.5) is 22.4 Å². The SMILES string of the molecule is O=C1SC(=Cc2ccc3c(cnn3Cc3ccc(Cl)cc3C(F)(F)F)c2)C(=O)N1[C@@H]1CCN(CCO)C[C@H]1F. The lowest BCUT2D eigenvalue weighted by atomic mass is 10.0. The van der Waals surface area contributed by atoms with E-state index in [-0.39, 0.29) is 41.6 Å². The van der Waals surface area contributed by atoms with Crippen molar-refractivity contribution in [2.24, 2.45) is 0 Å². The predicted molar refractivity (Wildman–Crippen MR) is 140 cm³/mol. The van der Waals surface area contributed by atoms with Gasteiger partial charge in [0.25, 0.3) is 11.1 Å². The third-order valence-corrected chi connectivity index (χ3v) is 7.94. The second-order valence-electron chi connectivity index (χ2n) is 9.37. The summed E-state index contributed by atoms with van der Waals surface area (Å²) in [5.41, 5.74) is 0.353. The van der Waals surface area contributed by atoms with Crippen LogP contribution in [0, 0.1) is 0 Å². The Morgan fingerprint density at radius 1 is 1.18 bits per heavy atom. The average molecular weight is 583 g/mol. The lowest BCUT2D eigenvalue weighted by Gasteiger charge is -2.37. The van der Waals surface area contributed by atoms with Gasteiger partial charge in [0.1, 0.15) is 6.17 Å². The van der Waals surface area contributed by atoms with Gasteiger partial charge in [-0.3, -0.25) is 24.1 Å². The van der Waals surface area contributed by atoms with Crippen LogP contribution in [0.15, 0.2) is 47.5 Å². The fourth-order valence-electron chi connectivity index (χ4n) is 4.94. The molecule has 1 N–H and O–H groups in total. The van der Waals surface area contributed by atoms with Gasteiger partial charge in [0, 0.05) is 30.0 Å². The van der Waals surface area contributed by atoms with E-state index in [2.05, 4.69) is 5.10 Å². The number of likely N-dealkylation sites (tertiary alicyclic amines) is 1. The number of hydrogen-bond acceptors (Lipinski definition) is 6. The monoisotopic (exact) mass is 582 g/mol. The van der Waals surface area contributed by atoms with Gasteiger partial charge in [-0.15, -0.1) is 0 Å². The summed E-state index contributed by atoms with van der Waals surface area (Å²) in [5.74, 6) is -0.563. The highest BCUT2D eigenvalue weighted by Gasteiger charge is 2.45. The molecule has 0 unspecified atom stereocenters. The number of benzene rings is 2. The van der Waals surface area contributed by atoms with E-state index in [4.69, 9.17) is 16.7 Å². The van der Waals surface area contributed by atoms with Crippen molar-refractivity contribution in [2.75, 3.05) is 26.2 Å². The molecule has 0 spiro atoms. The Hall–Kier alpha value is -2.93. The summed E-state index contributed by atoms with van der Waals surface area (Å²) in [6, 6.07) is 7.80. The van der Waals surface area contributed by atoms with Gasteiger partial charge >= 0.3 is 6.18 Å². The van der Waals surface area contributed by atoms with E-state index >= 15 is 0 Å². The number of aliphatic hydroxyl groups is 1. The summed E-state index contributed by atoms with van der Waals surface area (Å²) in [6.45, 7) is 0.605. The lowest BCUT2D eigenvalue weighted by molar-refractivity contribution is -0.138. The predicted octanol–water partition coefficient (Wildman–Crippen LogP) is 5.20. The van der Waals surface area contributed by atoms with Crippen LogP contribution in [-0.4, -0.2) is 74.3 Å². The Kier molecular flexibility index (Phi) is 7.73. The summed E-state index contributed by atoms with van der Waals surface area (Å²) >= 11 is 6.52. The maximum Gasteiger partial charge on any atom is 0.416 e. The van der Waals surface area contributed by atoms with Gasteiger partial charge in [-0.05, 0) is 59.7 Å². The molecule has 2 aliphatic heterocycles. The first-order valence-corrected chi connectivity index (χ1v) is 13.3. The average Bonchev–Trinajstić information content (AvgIpc) is 3.39. The number of piperidine rings is 1. The van der Waals surface area contributed by atoms with Crippen LogP contribution in [0.25, 0.3) is 17.0 Å². The van der Waals surface area contributed by atoms with E-state index in [1.54, 1.807) is 23.1 Å². The second-order valence-corrected chi connectivity index (χ2v) is 10.8. The summed E-state index contributed by atoms with van der Waals surface area (Å²) in [7, 11) is 0. The lowest BCUT2D eigenvalue weighted by Crippen LogP contribution is -2.54. The Balaban J connectivity index is 1.35. The van der Waals surface area contributed by atoms with Gasteiger partial charge in [0.15, 0.2) is 0 Å². The molecule has 0 radical (unpaired) electrons. The number of imide groups is 1. The normalized spacial score (nSPS) is 22.0. The van der Waals surface area contributed by atoms with Crippen molar-refractivity contribution in [1.82, 2.24) is 19.6 Å².